The van der Waals surface area contributed by atoms with Gasteiger partial charge >= 0.3 is 0 Å². The molecule has 2 fully saturated rings. The summed E-state index contributed by atoms with van der Waals surface area (Å²) in [6.07, 6.45) is 3.72. The van der Waals surface area contributed by atoms with Crippen LogP contribution in [-0.2, 0) is 20.7 Å². The lowest BCUT2D eigenvalue weighted by atomic mass is 9.93. The van der Waals surface area contributed by atoms with Gasteiger partial charge < -0.3 is 14.8 Å². The van der Waals surface area contributed by atoms with Crippen LogP contribution >= 0.6 is 0 Å². The van der Waals surface area contributed by atoms with E-state index in [4.69, 9.17) is 9.47 Å². The Morgan fingerprint density at radius 3 is 2.79 bits per heavy atom. The average Bonchev–Trinajstić information content (AvgIpc) is 3.12. The lowest BCUT2D eigenvalue weighted by molar-refractivity contribution is -0.123. The summed E-state index contributed by atoms with van der Waals surface area (Å²) >= 11 is 0. The van der Waals surface area contributed by atoms with E-state index in [1.165, 1.54) is 10.9 Å². The minimum Gasteiger partial charge on any atom is -0.379 e. The molecule has 2 aromatic rings. The van der Waals surface area contributed by atoms with Crippen molar-refractivity contribution in [3.8, 4) is 0 Å². The minimum atomic E-state index is 0.0666. The van der Waals surface area contributed by atoms with E-state index in [-0.39, 0.29) is 30.1 Å². The van der Waals surface area contributed by atoms with Gasteiger partial charge in [-0.15, -0.1) is 0 Å². The van der Waals surface area contributed by atoms with Gasteiger partial charge in [-0.05, 0) is 38.0 Å². The maximum atomic E-state index is 12.6. The van der Waals surface area contributed by atoms with E-state index in [2.05, 4.69) is 41.2 Å². The van der Waals surface area contributed by atoms with Crippen LogP contribution in [0.15, 0.2) is 36.5 Å². The zero-order valence-corrected chi connectivity index (χ0v) is 17.3. The highest BCUT2D eigenvalue weighted by molar-refractivity contribution is 5.82. The van der Waals surface area contributed by atoms with E-state index in [0.29, 0.717) is 19.6 Å². The topological polar surface area (TPSA) is 63.7 Å². The summed E-state index contributed by atoms with van der Waals surface area (Å²) in [6.45, 7) is 8.00. The molecule has 0 aliphatic carbocycles. The quantitative estimate of drug-likeness (QED) is 0.811. The molecule has 4 rings (SSSR count). The highest BCUT2D eigenvalue weighted by Gasteiger charge is 2.30. The molecule has 2 saturated heterocycles. The van der Waals surface area contributed by atoms with Crippen molar-refractivity contribution in [1.82, 2.24) is 15.2 Å². The number of carbonyl (C=O) groups is 1. The van der Waals surface area contributed by atoms with E-state index in [9.17, 15) is 4.79 Å². The largest absolute Gasteiger partial charge is 0.379 e. The molecule has 4 atom stereocenters. The molecular formula is C23H31N3O3. The van der Waals surface area contributed by atoms with Gasteiger partial charge in [-0.25, -0.2) is 0 Å². The molecule has 29 heavy (non-hydrogen) atoms. The van der Waals surface area contributed by atoms with Crippen molar-refractivity contribution in [3.63, 3.8) is 0 Å². The van der Waals surface area contributed by atoms with Crippen molar-refractivity contribution < 1.29 is 14.3 Å². The van der Waals surface area contributed by atoms with Crippen LogP contribution < -0.4 is 5.32 Å². The molecule has 0 saturated carbocycles. The van der Waals surface area contributed by atoms with Gasteiger partial charge in [0.1, 0.15) is 0 Å². The predicted molar refractivity (Wildman–Crippen MR) is 113 cm³/mol. The molecule has 0 bridgehead atoms. The third kappa shape index (κ3) is 5.13. The number of rotatable bonds is 6. The number of para-hydroxylation sites is 1. The van der Waals surface area contributed by atoms with Crippen molar-refractivity contribution >= 4 is 16.8 Å². The molecule has 3 heterocycles. The highest BCUT2D eigenvalue weighted by Crippen LogP contribution is 2.24. The number of aromatic nitrogens is 1. The van der Waals surface area contributed by atoms with Crippen LogP contribution in [0.1, 0.15) is 25.8 Å². The fourth-order valence-corrected chi connectivity index (χ4v) is 4.58. The van der Waals surface area contributed by atoms with E-state index < -0.39 is 0 Å². The van der Waals surface area contributed by atoms with E-state index in [0.717, 1.165) is 31.6 Å². The Bertz CT molecular complexity index is 828. The molecule has 1 N–H and O–H groups in total. The second-order valence-electron chi connectivity index (χ2n) is 8.43. The van der Waals surface area contributed by atoms with Crippen molar-refractivity contribution in [1.29, 1.82) is 0 Å². The molecule has 2 aliphatic rings. The van der Waals surface area contributed by atoms with Crippen LogP contribution in [-0.4, -0.2) is 66.9 Å². The maximum Gasteiger partial charge on any atom is 0.221 e. The van der Waals surface area contributed by atoms with Gasteiger partial charge in [0.05, 0.1) is 37.0 Å². The van der Waals surface area contributed by atoms with Crippen LogP contribution in [0.5, 0.6) is 0 Å². The molecule has 1 aromatic heterocycles. The second-order valence-corrected chi connectivity index (χ2v) is 8.43. The number of amides is 1. The summed E-state index contributed by atoms with van der Waals surface area (Å²) in [5.74, 6) is 0.394. The fourth-order valence-electron chi connectivity index (χ4n) is 4.58. The van der Waals surface area contributed by atoms with Gasteiger partial charge in [0.15, 0.2) is 0 Å². The molecule has 0 unspecified atom stereocenters. The van der Waals surface area contributed by atoms with Gasteiger partial charge in [-0.3, -0.25) is 14.7 Å². The Hall–Kier alpha value is -2.02. The summed E-state index contributed by atoms with van der Waals surface area (Å²) in [7, 11) is 0. The number of benzene rings is 1. The molecule has 0 spiro atoms. The van der Waals surface area contributed by atoms with Gasteiger partial charge in [0.2, 0.25) is 5.91 Å². The SMILES string of the molecule is C[C@@H]1CN(CCC(=O)N[C@H]2COC[C@H]2Cc2ccnc3ccccc23)C[C@H](C)O1. The first-order chi connectivity index (χ1) is 14.1. The molecule has 1 aromatic carbocycles. The monoisotopic (exact) mass is 397 g/mol. The minimum absolute atomic E-state index is 0.0666. The molecule has 6 heteroatoms. The van der Waals surface area contributed by atoms with Gasteiger partial charge in [0, 0.05) is 43.6 Å². The Morgan fingerprint density at radius 2 is 1.97 bits per heavy atom. The zero-order chi connectivity index (χ0) is 20.2. The smallest absolute Gasteiger partial charge is 0.221 e. The summed E-state index contributed by atoms with van der Waals surface area (Å²) < 4.78 is 11.5. The van der Waals surface area contributed by atoms with Crippen LogP contribution in [0.4, 0.5) is 0 Å². The Labute approximate surface area is 172 Å². The number of nitrogens with one attached hydrogen (secondary N) is 1. The summed E-state index contributed by atoms with van der Waals surface area (Å²) in [4.78, 5) is 19.4. The molecule has 6 nitrogen and oxygen atoms in total. The van der Waals surface area contributed by atoms with E-state index in [1.807, 2.05) is 24.4 Å². The number of morpholine rings is 1. The standard InChI is InChI=1S/C23H31N3O3/c1-16-12-26(13-17(2)29-16)10-8-23(27)25-22-15-28-14-19(22)11-18-7-9-24-21-6-4-3-5-20(18)21/h3-7,9,16-17,19,22H,8,10-15H2,1-2H3,(H,25,27)/t16-,17+,19-,22+/m1/s1. The van der Waals surface area contributed by atoms with Gasteiger partial charge in [-0.2, -0.15) is 0 Å². The normalized spacial score (nSPS) is 27.9. The first kappa shape index (κ1) is 20.3. The Balaban J connectivity index is 1.32. The predicted octanol–water partition coefficient (Wildman–Crippen LogP) is 2.41. The second kappa shape index (κ2) is 9.20. The van der Waals surface area contributed by atoms with E-state index in [1.54, 1.807) is 0 Å². The third-order valence-corrected chi connectivity index (χ3v) is 5.92. The van der Waals surface area contributed by atoms with Crippen molar-refractivity contribution in [2.75, 3.05) is 32.8 Å². The van der Waals surface area contributed by atoms with Crippen LogP contribution in [0, 0.1) is 5.92 Å². The number of hydrogen-bond acceptors (Lipinski definition) is 5. The number of nitrogens with zero attached hydrogens (tertiary/aromatic N) is 2. The lowest BCUT2D eigenvalue weighted by Gasteiger charge is -2.35. The lowest BCUT2D eigenvalue weighted by Crippen LogP contribution is -2.47. The Morgan fingerprint density at radius 1 is 1.17 bits per heavy atom. The number of hydrogen-bond donors (Lipinski definition) is 1. The van der Waals surface area contributed by atoms with Crippen LogP contribution in [0.3, 0.4) is 0 Å². The highest BCUT2D eigenvalue weighted by atomic mass is 16.5. The molecular weight excluding hydrogens is 366 g/mol. The first-order valence-corrected chi connectivity index (χ1v) is 10.7. The van der Waals surface area contributed by atoms with Gasteiger partial charge in [-0.1, -0.05) is 18.2 Å². The molecule has 2 aliphatic heterocycles. The number of fused-ring (bicyclic) bond motifs is 1. The first-order valence-electron chi connectivity index (χ1n) is 10.7. The molecule has 1 amide bonds. The van der Waals surface area contributed by atoms with Gasteiger partial charge in [0.25, 0.3) is 0 Å². The number of pyridine rings is 1. The third-order valence-electron chi connectivity index (χ3n) is 5.92. The molecule has 0 radical (unpaired) electrons. The van der Waals surface area contributed by atoms with E-state index >= 15 is 0 Å². The number of carbonyl (C=O) groups excluding carboxylic acids is 1. The average molecular weight is 398 g/mol. The Kier molecular flexibility index (Phi) is 6.43. The fraction of sp³-hybridized carbons (Fsp3) is 0.565. The van der Waals surface area contributed by atoms with Crippen molar-refractivity contribution in [2.24, 2.45) is 5.92 Å². The summed E-state index contributed by atoms with van der Waals surface area (Å²) in [5, 5.41) is 4.40. The summed E-state index contributed by atoms with van der Waals surface area (Å²) in [5.41, 5.74) is 2.28. The zero-order valence-electron chi connectivity index (χ0n) is 17.3. The summed E-state index contributed by atoms with van der Waals surface area (Å²) in [6, 6.07) is 10.4. The molecule has 156 valence electrons. The van der Waals surface area contributed by atoms with Crippen molar-refractivity contribution in [3.05, 3.63) is 42.1 Å². The maximum absolute atomic E-state index is 12.6. The number of ether oxygens (including phenoxy) is 2. The van der Waals surface area contributed by atoms with Crippen molar-refractivity contribution in [2.45, 2.75) is 44.9 Å². The van der Waals surface area contributed by atoms with Crippen LogP contribution in [0.25, 0.3) is 10.9 Å². The van der Waals surface area contributed by atoms with Crippen LogP contribution in [0.2, 0.25) is 0 Å².